The number of rotatable bonds is 7. The average Bonchev–Trinajstić information content (AvgIpc) is 3.11. The van der Waals surface area contributed by atoms with E-state index in [1.54, 1.807) is 0 Å². The Morgan fingerprint density at radius 2 is 1.97 bits per heavy atom. The lowest BCUT2D eigenvalue weighted by molar-refractivity contribution is -0.577. The van der Waals surface area contributed by atoms with Crippen molar-refractivity contribution in [1.29, 1.82) is 0 Å². The van der Waals surface area contributed by atoms with Crippen molar-refractivity contribution >= 4 is 23.2 Å². The number of anilines is 1. The molecule has 2 bridgehead atoms. The van der Waals surface area contributed by atoms with Crippen molar-refractivity contribution in [2.75, 3.05) is 31.6 Å². The lowest BCUT2D eigenvalue weighted by Crippen LogP contribution is -2.70. The minimum atomic E-state index is -0.780. The van der Waals surface area contributed by atoms with Crippen LogP contribution >= 0.6 is 11.6 Å². The van der Waals surface area contributed by atoms with Gasteiger partial charge in [0, 0.05) is 42.1 Å². The number of halogens is 1. The first-order valence-electron chi connectivity index (χ1n) is 13.9. The molecule has 4 heterocycles. The number of nitrogens with zero attached hydrogens (tertiary/aromatic N) is 2. The van der Waals surface area contributed by atoms with Gasteiger partial charge in [-0.15, -0.1) is 0 Å². The maximum atomic E-state index is 6.52. The van der Waals surface area contributed by atoms with E-state index in [-0.39, 0.29) is 18.1 Å². The van der Waals surface area contributed by atoms with Crippen LogP contribution in [0, 0.1) is 23.7 Å². The van der Waals surface area contributed by atoms with Crippen LogP contribution in [0.2, 0.25) is 5.02 Å². The van der Waals surface area contributed by atoms with Crippen LogP contribution in [0.1, 0.15) is 60.3 Å². The molecule has 0 aromatic heterocycles. The molecule has 1 N–H and O–H groups in total. The van der Waals surface area contributed by atoms with Crippen LogP contribution in [-0.4, -0.2) is 61.1 Å². The SMILES string of the molecule is CCN(CC)C(=NCCO[C@H]1O[C@@H]2O[C@@]3(C)CC[C@H]4[C@H](C)CC[C@@H]([C@H]1C)[C@@]24OO3)Nc1cccc(Cl)c1. The van der Waals surface area contributed by atoms with Gasteiger partial charge in [-0.1, -0.05) is 31.5 Å². The van der Waals surface area contributed by atoms with E-state index in [0.717, 1.165) is 44.0 Å². The van der Waals surface area contributed by atoms with Gasteiger partial charge in [-0.25, -0.2) is 9.78 Å². The minimum Gasteiger partial charge on any atom is -0.350 e. The third-order valence-electron chi connectivity index (χ3n) is 8.88. The third kappa shape index (κ3) is 5.13. The predicted octanol–water partition coefficient (Wildman–Crippen LogP) is 5.67. The molecule has 1 aromatic rings. The first-order chi connectivity index (χ1) is 17.8. The van der Waals surface area contributed by atoms with Gasteiger partial charge in [0.15, 0.2) is 24.1 Å². The standard InChI is InChI=1S/C28H42ClN3O5/c1-6-32(7-2)26(31-21-10-8-9-20(29)17-21)30-15-16-33-24-19(4)23-12-11-18(3)22-13-14-27(5)35-25(34-24)28(22,23)37-36-27/h8-10,17-19,22-25H,6-7,11-16H2,1-5H3,(H,30,31)/t18-,19-,22+,23+,24+,25-,27-,28-/m1/s1. The number of ether oxygens (including phenoxy) is 3. The monoisotopic (exact) mass is 535 g/mol. The highest BCUT2D eigenvalue weighted by molar-refractivity contribution is 6.30. The topological polar surface area (TPSA) is 73.8 Å². The molecule has 8 nitrogen and oxygen atoms in total. The summed E-state index contributed by atoms with van der Waals surface area (Å²) >= 11 is 6.18. The molecule has 0 unspecified atom stereocenters. The second-order valence-electron chi connectivity index (χ2n) is 11.2. The first-order valence-corrected chi connectivity index (χ1v) is 14.3. The summed E-state index contributed by atoms with van der Waals surface area (Å²) in [5.41, 5.74) is 0.341. The molecule has 5 fully saturated rings. The van der Waals surface area contributed by atoms with E-state index in [4.69, 9.17) is 40.6 Å². The Balaban J connectivity index is 1.27. The zero-order valence-corrected chi connectivity index (χ0v) is 23.5. The van der Waals surface area contributed by atoms with Crippen molar-refractivity contribution in [3.05, 3.63) is 29.3 Å². The van der Waals surface area contributed by atoms with Gasteiger partial charge in [0.2, 0.25) is 5.79 Å². The van der Waals surface area contributed by atoms with Crippen molar-refractivity contribution in [1.82, 2.24) is 4.90 Å². The fourth-order valence-corrected chi connectivity index (χ4v) is 7.01. The largest absolute Gasteiger partial charge is 0.350 e. The molecule has 1 spiro atoms. The van der Waals surface area contributed by atoms with Crippen LogP contribution in [0.5, 0.6) is 0 Å². The molecular formula is C28H42ClN3O5. The molecule has 8 atom stereocenters. The molecule has 0 amide bonds. The molecule has 1 saturated carbocycles. The molecule has 206 valence electrons. The summed E-state index contributed by atoms with van der Waals surface area (Å²) in [6.07, 6.45) is 3.18. The summed E-state index contributed by atoms with van der Waals surface area (Å²) in [7, 11) is 0. The van der Waals surface area contributed by atoms with Crippen LogP contribution in [-0.2, 0) is 24.0 Å². The van der Waals surface area contributed by atoms with Gasteiger partial charge < -0.3 is 24.4 Å². The summed E-state index contributed by atoms with van der Waals surface area (Å²) in [5.74, 6) is 1.31. The van der Waals surface area contributed by atoms with E-state index in [2.05, 4.69) is 37.9 Å². The van der Waals surface area contributed by atoms with Gasteiger partial charge >= 0.3 is 0 Å². The molecule has 1 aromatic carbocycles. The maximum absolute atomic E-state index is 6.52. The van der Waals surface area contributed by atoms with E-state index in [1.807, 2.05) is 31.2 Å². The van der Waals surface area contributed by atoms with Crippen LogP contribution < -0.4 is 5.32 Å². The summed E-state index contributed by atoms with van der Waals surface area (Å²) in [4.78, 5) is 19.2. The van der Waals surface area contributed by atoms with Crippen molar-refractivity contribution < 1.29 is 24.0 Å². The van der Waals surface area contributed by atoms with Gasteiger partial charge in [-0.3, -0.25) is 4.99 Å². The normalized spacial score (nSPS) is 39.1. The number of nitrogens with one attached hydrogen (secondary N) is 1. The molecular weight excluding hydrogens is 494 g/mol. The number of fused-ring (bicyclic) bond motifs is 2. The zero-order valence-electron chi connectivity index (χ0n) is 22.7. The van der Waals surface area contributed by atoms with E-state index >= 15 is 0 Å². The summed E-state index contributed by atoms with van der Waals surface area (Å²) < 4.78 is 19.3. The van der Waals surface area contributed by atoms with Gasteiger partial charge in [0.05, 0.1) is 13.2 Å². The van der Waals surface area contributed by atoms with Gasteiger partial charge in [-0.05, 0) is 70.1 Å². The van der Waals surface area contributed by atoms with E-state index < -0.39 is 17.7 Å². The number of benzene rings is 1. The molecule has 4 saturated heterocycles. The number of guanidine groups is 1. The van der Waals surface area contributed by atoms with E-state index in [0.29, 0.717) is 30.0 Å². The Morgan fingerprint density at radius 3 is 2.73 bits per heavy atom. The second kappa shape index (κ2) is 11.0. The highest BCUT2D eigenvalue weighted by Gasteiger charge is 2.69. The quantitative estimate of drug-likeness (QED) is 0.208. The van der Waals surface area contributed by atoms with Crippen molar-refractivity contribution in [3.8, 4) is 0 Å². The maximum Gasteiger partial charge on any atom is 0.201 e. The van der Waals surface area contributed by atoms with Crippen molar-refractivity contribution in [3.63, 3.8) is 0 Å². The Bertz CT molecular complexity index is 977. The average molecular weight is 536 g/mol. The Kier molecular flexibility index (Phi) is 8.06. The van der Waals surface area contributed by atoms with Gasteiger partial charge in [0.25, 0.3) is 0 Å². The molecule has 1 aliphatic carbocycles. The van der Waals surface area contributed by atoms with Crippen molar-refractivity contribution in [2.24, 2.45) is 28.7 Å². The summed E-state index contributed by atoms with van der Waals surface area (Å²) in [6, 6.07) is 7.67. The fourth-order valence-electron chi connectivity index (χ4n) is 6.82. The number of hydrogen-bond donors (Lipinski definition) is 1. The lowest BCUT2D eigenvalue weighted by atomic mass is 9.58. The molecule has 37 heavy (non-hydrogen) atoms. The van der Waals surface area contributed by atoms with Gasteiger partial charge in [-0.2, -0.15) is 0 Å². The van der Waals surface area contributed by atoms with Crippen LogP contribution in [0.15, 0.2) is 29.3 Å². The molecule has 4 aliphatic heterocycles. The molecule has 9 heteroatoms. The van der Waals surface area contributed by atoms with E-state index in [1.165, 1.54) is 6.42 Å². The first kappa shape index (κ1) is 27.2. The van der Waals surface area contributed by atoms with Crippen molar-refractivity contribution in [2.45, 2.75) is 84.3 Å². The minimum absolute atomic E-state index is 0.150. The fraction of sp³-hybridized carbons (Fsp3) is 0.750. The summed E-state index contributed by atoms with van der Waals surface area (Å²) in [5, 5.41) is 4.11. The lowest BCUT2D eigenvalue weighted by Gasteiger charge is -2.60. The molecule has 6 rings (SSSR count). The molecule has 5 aliphatic rings. The van der Waals surface area contributed by atoms with Crippen LogP contribution in [0.25, 0.3) is 0 Å². The molecule has 0 radical (unpaired) electrons. The van der Waals surface area contributed by atoms with Crippen LogP contribution in [0.4, 0.5) is 5.69 Å². The summed E-state index contributed by atoms with van der Waals surface area (Å²) in [6.45, 7) is 13.4. The number of aliphatic imine (C=N–C) groups is 1. The van der Waals surface area contributed by atoms with Gasteiger partial charge in [0.1, 0.15) is 0 Å². The highest BCUT2D eigenvalue weighted by atomic mass is 35.5. The zero-order chi connectivity index (χ0) is 26.2. The third-order valence-corrected chi connectivity index (χ3v) is 9.11. The Morgan fingerprint density at radius 1 is 1.16 bits per heavy atom. The van der Waals surface area contributed by atoms with E-state index in [9.17, 15) is 0 Å². The smallest absolute Gasteiger partial charge is 0.201 e. The Labute approximate surface area is 225 Å². The Hall–Kier alpha value is -1.42. The van der Waals surface area contributed by atoms with Crippen LogP contribution in [0.3, 0.4) is 0 Å². The highest BCUT2D eigenvalue weighted by Crippen LogP contribution is 2.60. The second-order valence-corrected chi connectivity index (χ2v) is 11.6. The predicted molar refractivity (Wildman–Crippen MR) is 143 cm³/mol. The number of hydrogen-bond acceptors (Lipinski definition) is 6.